The highest BCUT2D eigenvalue weighted by Gasteiger charge is 2.24. The van der Waals surface area contributed by atoms with E-state index < -0.39 is 0 Å². The number of pyridine rings is 1. The van der Waals surface area contributed by atoms with E-state index in [1.165, 1.54) is 0 Å². The minimum Gasteiger partial charge on any atom is -0.495 e. The van der Waals surface area contributed by atoms with Gasteiger partial charge in [0.05, 0.1) is 18.4 Å². The van der Waals surface area contributed by atoms with Gasteiger partial charge in [-0.25, -0.2) is 0 Å². The van der Waals surface area contributed by atoms with Crippen molar-refractivity contribution in [1.29, 1.82) is 0 Å². The summed E-state index contributed by atoms with van der Waals surface area (Å²) in [7, 11) is 1.69. The summed E-state index contributed by atoms with van der Waals surface area (Å²) in [6, 6.07) is 17.3. The first-order valence-electron chi connectivity index (χ1n) is 12.2. The lowest BCUT2D eigenvalue weighted by Crippen LogP contribution is -2.47. The van der Waals surface area contributed by atoms with Crippen molar-refractivity contribution in [2.24, 2.45) is 5.92 Å². The molecule has 4 rings (SSSR count). The number of carbonyl (C=O) groups is 2. The van der Waals surface area contributed by atoms with Crippen LogP contribution in [0.5, 0.6) is 5.75 Å². The Kier molecular flexibility index (Phi) is 8.05. The number of piperazine rings is 1. The van der Waals surface area contributed by atoms with Crippen LogP contribution in [0.15, 0.2) is 67.0 Å². The molecule has 1 aliphatic heterocycles. The molecule has 36 heavy (non-hydrogen) atoms. The third kappa shape index (κ3) is 5.94. The standard InChI is InChI=1S/C28H33N5O3/c1-20(2)27(34)31-22-10-11-24(23(17-22)28(35)30-19-21-7-6-12-29-18-21)32-13-15-33(16-14-32)25-8-4-5-9-26(25)36-3/h4-12,17-18,20H,13-16,19H2,1-3H3,(H,30,35)(H,31,34). The number of aromatic nitrogens is 1. The number of ether oxygens (including phenoxy) is 1. The van der Waals surface area contributed by atoms with Crippen LogP contribution in [0.2, 0.25) is 0 Å². The minimum atomic E-state index is -0.193. The number of carbonyl (C=O) groups excluding carboxylic acids is 2. The summed E-state index contributed by atoms with van der Waals surface area (Å²) >= 11 is 0. The fourth-order valence-corrected chi connectivity index (χ4v) is 4.22. The number of amides is 2. The molecule has 2 heterocycles. The number of hydrogen-bond donors (Lipinski definition) is 2. The number of benzene rings is 2. The zero-order valence-electron chi connectivity index (χ0n) is 21.0. The van der Waals surface area contributed by atoms with Crippen LogP contribution in [0, 0.1) is 5.92 Å². The lowest BCUT2D eigenvalue weighted by atomic mass is 10.1. The SMILES string of the molecule is COc1ccccc1N1CCN(c2ccc(NC(=O)C(C)C)cc2C(=O)NCc2cccnc2)CC1. The van der Waals surface area contributed by atoms with E-state index in [1.54, 1.807) is 25.6 Å². The fourth-order valence-electron chi connectivity index (χ4n) is 4.22. The third-order valence-electron chi connectivity index (χ3n) is 6.26. The molecular weight excluding hydrogens is 454 g/mol. The van der Waals surface area contributed by atoms with Crippen LogP contribution in [0.25, 0.3) is 0 Å². The van der Waals surface area contributed by atoms with Crippen LogP contribution in [0.3, 0.4) is 0 Å². The first-order valence-corrected chi connectivity index (χ1v) is 12.2. The highest BCUT2D eigenvalue weighted by Crippen LogP contribution is 2.31. The number of para-hydroxylation sites is 2. The van der Waals surface area contributed by atoms with Gasteiger partial charge >= 0.3 is 0 Å². The number of methoxy groups -OCH3 is 1. The summed E-state index contributed by atoms with van der Waals surface area (Å²) in [5, 5.41) is 5.91. The molecule has 3 aromatic rings. The topological polar surface area (TPSA) is 86.8 Å². The lowest BCUT2D eigenvalue weighted by molar-refractivity contribution is -0.118. The smallest absolute Gasteiger partial charge is 0.253 e. The van der Waals surface area contributed by atoms with Crippen molar-refractivity contribution in [2.45, 2.75) is 20.4 Å². The molecule has 0 saturated carbocycles. The summed E-state index contributed by atoms with van der Waals surface area (Å²) in [5.41, 5.74) is 3.98. The van der Waals surface area contributed by atoms with Crippen LogP contribution >= 0.6 is 0 Å². The van der Waals surface area contributed by atoms with Gasteiger partial charge in [0.1, 0.15) is 5.75 Å². The molecule has 188 valence electrons. The Balaban J connectivity index is 1.54. The van der Waals surface area contributed by atoms with E-state index in [9.17, 15) is 9.59 Å². The van der Waals surface area contributed by atoms with Crippen molar-refractivity contribution in [3.05, 3.63) is 78.1 Å². The predicted molar refractivity (Wildman–Crippen MR) is 143 cm³/mol. The van der Waals surface area contributed by atoms with Gasteiger partial charge in [0, 0.05) is 62.4 Å². The van der Waals surface area contributed by atoms with Crippen LogP contribution in [0.1, 0.15) is 29.8 Å². The van der Waals surface area contributed by atoms with E-state index in [0.29, 0.717) is 17.8 Å². The second kappa shape index (κ2) is 11.6. The van der Waals surface area contributed by atoms with Gasteiger partial charge in [-0.15, -0.1) is 0 Å². The minimum absolute atomic E-state index is 0.0881. The van der Waals surface area contributed by atoms with E-state index in [-0.39, 0.29) is 17.7 Å². The largest absolute Gasteiger partial charge is 0.495 e. The number of rotatable bonds is 8. The summed E-state index contributed by atoms with van der Waals surface area (Å²) in [6.07, 6.45) is 3.44. The van der Waals surface area contributed by atoms with E-state index in [1.807, 2.05) is 56.3 Å². The van der Waals surface area contributed by atoms with Gasteiger partial charge in [0.15, 0.2) is 0 Å². The molecule has 0 radical (unpaired) electrons. The average Bonchev–Trinajstić information content (AvgIpc) is 2.92. The van der Waals surface area contributed by atoms with Crippen LogP contribution < -0.4 is 25.2 Å². The molecule has 0 spiro atoms. The highest BCUT2D eigenvalue weighted by molar-refractivity contribution is 6.02. The monoisotopic (exact) mass is 487 g/mol. The number of anilines is 3. The van der Waals surface area contributed by atoms with Crippen molar-refractivity contribution >= 4 is 28.9 Å². The van der Waals surface area contributed by atoms with Crippen LogP contribution in [0.4, 0.5) is 17.1 Å². The van der Waals surface area contributed by atoms with Crippen molar-refractivity contribution in [3.8, 4) is 5.75 Å². The zero-order valence-corrected chi connectivity index (χ0v) is 21.0. The Hall–Kier alpha value is -4.07. The molecular formula is C28H33N5O3. The van der Waals surface area contributed by atoms with Crippen molar-refractivity contribution in [3.63, 3.8) is 0 Å². The maximum atomic E-state index is 13.3. The molecule has 2 N–H and O–H groups in total. The number of nitrogens with one attached hydrogen (secondary N) is 2. The molecule has 1 aromatic heterocycles. The normalized spacial score (nSPS) is 13.4. The lowest BCUT2D eigenvalue weighted by Gasteiger charge is -2.38. The fraction of sp³-hybridized carbons (Fsp3) is 0.321. The molecule has 1 saturated heterocycles. The number of hydrogen-bond acceptors (Lipinski definition) is 6. The molecule has 0 atom stereocenters. The molecule has 2 aromatic carbocycles. The molecule has 0 bridgehead atoms. The zero-order chi connectivity index (χ0) is 25.5. The first-order chi connectivity index (χ1) is 17.5. The van der Waals surface area contributed by atoms with E-state index in [0.717, 1.165) is 48.9 Å². The van der Waals surface area contributed by atoms with Crippen molar-refractivity contribution in [2.75, 3.05) is 48.4 Å². The Labute approximate surface area is 212 Å². The molecule has 0 aliphatic carbocycles. The summed E-state index contributed by atoms with van der Waals surface area (Å²) < 4.78 is 5.54. The Bertz CT molecular complexity index is 1190. The maximum absolute atomic E-state index is 13.3. The molecule has 2 amide bonds. The van der Waals surface area contributed by atoms with Crippen molar-refractivity contribution < 1.29 is 14.3 Å². The maximum Gasteiger partial charge on any atom is 0.253 e. The van der Waals surface area contributed by atoms with E-state index in [2.05, 4.69) is 31.5 Å². The van der Waals surface area contributed by atoms with Crippen molar-refractivity contribution in [1.82, 2.24) is 10.3 Å². The second-order valence-electron chi connectivity index (χ2n) is 9.07. The molecule has 1 fully saturated rings. The quantitative estimate of drug-likeness (QED) is 0.501. The van der Waals surface area contributed by atoms with E-state index in [4.69, 9.17) is 4.74 Å². The second-order valence-corrected chi connectivity index (χ2v) is 9.07. The van der Waals surface area contributed by atoms with Crippen LogP contribution in [-0.4, -0.2) is 50.1 Å². The van der Waals surface area contributed by atoms with Gasteiger partial charge in [-0.3, -0.25) is 14.6 Å². The summed E-state index contributed by atoms with van der Waals surface area (Å²) in [6.45, 7) is 7.14. The van der Waals surface area contributed by atoms with Crippen LogP contribution in [-0.2, 0) is 11.3 Å². The predicted octanol–water partition coefficient (Wildman–Crippen LogP) is 3.94. The highest BCUT2D eigenvalue weighted by atomic mass is 16.5. The van der Waals surface area contributed by atoms with Gasteiger partial charge < -0.3 is 25.2 Å². The Morgan fingerprint density at radius 1 is 0.972 bits per heavy atom. The van der Waals surface area contributed by atoms with E-state index >= 15 is 0 Å². The first kappa shape index (κ1) is 25.0. The third-order valence-corrected chi connectivity index (χ3v) is 6.26. The Morgan fingerprint density at radius 2 is 1.69 bits per heavy atom. The summed E-state index contributed by atoms with van der Waals surface area (Å²) in [4.78, 5) is 34.2. The Morgan fingerprint density at radius 3 is 2.36 bits per heavy atom. The molecule has 8 heteroatoms. The summed E-state index contributed by atoms with van der Waals surface area (Å²) in [5.74, 6) is 0.416. The van der Waals surface area contributed by atoms with Gasteiger partial charge in [0.2, 0.25) is 5.91 Å². The molecule has 8 nitrogen and oxygen atoms in total. The van der Waals surface area contributed by atoms with Gasteiger partial charge in [-0.2, -0.15) is 0 Å². The van der Waals surface area contributed by atoms with Gasteiger partial charge in [0.25, 0.3) is 5.91 Å². The average molecular weight is 488 g/mol. The molecule has 1 aliphatic rings. The van der Waals surface area contributed by atoms with Gasteiger partial charge in [-0.05, 0) is 42.0 Å². The number of nitrogens with zero attached hydrogens (tertiary/aromatic N) is 3. The molecule has 0 unspecified atom stereocenters. The van der Waals surface area contributed by atoms with Gasteiger partial charge in [-0.1, -0.05) is 32.0 Å².